The molecule has 0 fully saturated rings. The molecule has 25 heavy (non-hydrogen) atoms. The Kier molecular flexibility index (Phi) is 5.20. The molecule has 0 aliphatic heterocycles. The molecule has 0 atom stereocenters. The number of benzene rings is 1. The molecule has 0 saturated heterocycles. The Balaban J connectivity index is 2.19. The van der Waals surface area contributed by atoms with E-state index in [1.807, 2.05) is 59.3 Å². The lowest BCUT2D eigenvalue weighted by atomic mass is 10.1. The van der Waals surface area contributed by atoms with Gasteiger partial charge in [-0.05, 0) is 23.9 Å². The Hall–Kier alpha value is -2.99. The van der Waals surface area contributed by atoms with Crippen molar-refractivity contribution in [2.24, 2.45) is 0 Å². The summed E-state index contributed by atoms with van der Waals surface area (Å²) >= 11 is 1.34. The summed E-state index contributed by atoms with van der Waals surface area (Å²) in [6.45, 7) is 1.83. The largest absolute Gasteiger partial charge is 0.478 e. The van der Waals surface area contributed by atoms with Crippen molar-refractivity contribution in [1.29, 1.82) is 0 Å². The van der Waals surface area contributed by atoms with E-state index in [1.165, 1.54) is 11.3 Å². The molecule has 1 N–H and O–H groups in total. The molecule has 0 saturated carbocycles. The van der Waals surface area contributed by atoms with Crippen LogP contribution in [0.15, 0.2) is 66.0 Å². The first-order valence-corrected chi connectivity index (χ1v) is 8.64. The quantitative estimate of drug-likeness (QED) is 0.770. The minimum Gasteiger partial charge on any atom is -0.478 e. The molecule has 5 nitrogen and oxygen atoms in total. The van der Waals surface area contributed by atoms with Crippen molar-refractivity contribution in [2.75, 3.05) is 0 Å². The molecule has 6 heteroatoms. The highest BCUT2D eigenvalue weighted by Gasteiger charge is 2.17. The summed E-state index contributed by atoms with van der Waals surface area (Å²) in [5, 5.41) is 20.5. The molecule has 126 valence electrons. The number of aryl methyl sites for hydroxylation is 1. The molecule has 2 aromatic heterocycles. The lowest BCUT2D eigenvalue weighted by Gasteiger charge is -2.09. The fourth-order valence-electron chi connectivity index (χ4n) is 2.46. The molecule has 0 aliphatic carbocycles. The van der Waals surface area contributed by atoms with Gasteiger partial charge in [0.1, 0.15) is 16.6 Å². The van der Waals surface area contributed by atoms with Crippen LogP contribution in [0.4, 0.5) is 0 Å². The van der Waals surface area contributed by atoms with Crippen LogP contribution in [0.25, 0.3) is 5.00 Å². The lowest BCUT2D eigenvalue weighted by molar-refractivity contribution is 0.0697. The Morgan fingerprint density at radius 3 is 2.48 bits per heavy atom. The van der Waals surface area contributed by atoms with Crippen molar-refractivity contribution in [3.63, 3.8) is 0 Å². The van der Waals surface area contributed by atoms with Crippen molar-refractivity contribution >= 4 is 17.3 Å². The maximum Gasteiger partial charge on any atom is 0.338 e. The first-order valence-electron chi connectivity index (χ1n) is 7.76. The number of carbonyl (C=O) groups is 1. The van der Waals surface area contributed by atoms with E-state index in [9.17, 15) is 9.90 Å². The maximum absolute atomic E-state index is 11.8. The first kappa shape index (κ1) is 16.9. The molecule has 0 bridgehead atoms. The number of aromatic nitrogens is 3. The Morgan fingerprint density at radius 2 is 1.72 bits per heavy atom. The van der Waals surface area contributed by atoms with E-state index < -0.39 is 5.97 Å². The zero-order valence-corrected chi connectivity index (χ0v) is 14.5. The fourth-order valence-corrected chi connectivity index (χ4v) is 3.39. The van der Waals surface area contributed by atoms with Gasteiger partial charge in [-0.1, -0.05) is 54.6 Å². The number of hydrogen-bond donors (Lipinski definition) is 1. The SMILES string of the molecule is Cc1nnc(Cc2ccccc2)n1-c1sccccccc1C(=O)O. The summed E-state index contributed by atoms with van der Waals surface area (Å²) in [6.07, 6.45) is 0.574. The van der Waals surface area contributed by atoms with E-state index in [-0.39, 0.29) is 5.56 Å². The van der Waals surface area contributed by atoms with Crippen LogP contribution in [0.2, 0.25) is 0 Å². The molecule has 1 aromatic carbocycles. The highest BCUT2D eigenvalue weighted by atomic mass is 32.1. The monoisotopic (exact) mass is 351 g/mol. The molecule has 2 heterocycles. The second-order valence-electron chi connectivity index (χ2n) is 5.38. The normalized spacial score (nSPS) is 10.3. The Morgan fingerprint density at radius 1 is 1.04 bits per heavy atom. The van der Waals surface area contributed by atoms with Gasteiger partial charge in [0.05, 0.1) is 5.56 Å². The standard InChI is InChI=1S/C19H17N3O2S/c1-14-20-21-17(13-15-9-5-4-6-10-15)22(14)18-16(19(23)24)11-7-2-3-8-12-25-18/h2-12H,13H2,1H3,(H,23,24). The van der Waals surface area contributed by atoms with E-state index in [0.717, 1.165) is 5.56 Å². The van der Waals surface area contributed by atoms with Crippen molar-refractivity contribution in [3.05, 3.63) is 88.8 Å². The molecule has 0 radical (unpaired) electrons. The van der Waals surface area contributed by atoms with Gasteiger partial charge in [-0.2, -0.15) is 0 Å². The van der Waals surface area contributed by atoms with Crippen molar-refractivity contribution in [2.45, 2.75) is 13.3 Å². The van der Waals surface area contributed by atoms with Crippen LogP contribution in [-0.2, 0) is 6.42 Å². The second kappa shape index (κ2) is 7.72. The predicted molar refractivity (Wildman–Crippen MR) is 97.8 cm³/mol. The smallest absolute Gasteiger partial charge is 0.338 e. The second-order valence-corrected chi connectivity index (χ2v) is 6.27. The van der Waals surface area contributed by atoms with Gasteiger partial charge in [0, 0.05) is 6.42 Å². The van der Waals surface area contributed by atoms with E-state index in [0.29, 0.717) is 23.1 Å². The number of carboxylic acid groups (broad SMARTS) is 1. The summed E-state index contributed by atoms with van der Waals surface area (Å²) in [6, 6.07) is 18.8. The van der Waals surface area contributed by atoms with Gasteiger partial charge in [0.15, 0.2) is 0 Å². The zero-order chi connectivity index (χ0) is 17.6. The van der Waals surface area contributed by atoms with Gasteiger partial charge in [-0.15, -0.1) is 21.5 Å². The lowest BCUT2D eigenvalue weighted by Crippen LogP contribution is -2.08. The zero-order valence-electron chi connectivity index (χ0n) is 13.7. The molecule has 3 aromatic rings. The van der Waals surface area contributed by atoms with E-state index in [1.54, 1.807) is 18.2 Å². The molecular weight excluding hydrogens is 334 g/mol. The van der Waals surface area contributed by atoms with Gasteiger partial charge in [0.2, 0.25) is 0 Å². The van der Waals surface area contributed by atoms with Crippen LogP contribution in [0.3, 0.4) is 0 Å². The topological polar surface area (TPSA) is 68.0 Å². The Bertz CT molecular complexity index is 931. The number of rotatable bonds is 4. The average Bonchev–Trinajstić information content (AvgIpc) is 3.00. The third-order valence-corrected chi connectivity index (χ3v) is 4.53. The van der Waals surface area contributed by atoms with E-state index in [4.69, 9.17) is 0 Å². The molecule has 0 amide bonds. The third-order valence-electron chi connectivity index (χ3n) is 3.62. The highest BCUT2D eigenvalue weighted by Crippen LogP contribution is 2.22. The molecule has 0 spiro atoms. The van der Waals surface area contributed by atoms with Crippen LogP contribution in [-0.4, -0.2) is 25.8 Å². The summed E-state index contributed by atoms with van der Waals surface area (Å²) < 4.78 is 1.82. The van der Waals surface area contributed by atoms with Gasteiger partial charge in [-0.25, -0.2) is 4.79 Å². The maximum atomic E-state index is 11.8. The van der Waals surface area contributed by atoms with E-state index in [2.05, 4.69) is 10.2 Å². The number of carboxylic acids is 1. The van der Waals surface area contributed by atoms with Gasteiger partial charge < -0.3 is 5.11 Å². The van der Waals surface area contributed by atoms with Crippen LogP contribution in [0.5, 0.6) is 0 Å². The van der Waals surface area contributed by atoms with Gasteiger partial charge in [-0.3, -0.25) is 4.57 Å². The number of nitrogens with zero attached hydrogens (tertiary/aromatic N) is 3. The highest BCUT2D eigenvalue weighted by molar-refractivity contribution is 7.12. The number of aromatic carboxylic acids is 1. The van der Waals surface area contributed by atoms with Gasteiger partial charge >= 0.3 is 5.97 Å². The number of hydrogen-bond acceptors (Lipinski definition) is 4. The van der Waals surface area contributed by atoms with Crippen LogP contribution >= 0.6 is 11.3 Å². The van der Waals surface area contributed by atoms with Crippen LogP contribution in [0.1, 0.15) is 27.6 Å². The minimum absolute atomic E-state index is 0.207. The molecule has 0 unspecified atom stereocenters. The molecular formula is C19H17N3O2S. The van der Waals surface area contributed by atoms with Crippen molar-refractivity contribution in [1.82, 2.24) is 14.8 Å². The van der Waals surface area contributed by atoms with Crippen LogP contribution in [0, 0.1) is 6.92 Å². The summed E-state index contributed by atoms with van der Waals surface area (Å²) in [5.41, 5.74) is 1.30. The third kappa shape index (κ3) is 3.92. The van der Waals surface area contributed by atoms with Gasteiger partial charge in [0.25, 0.3) is 0 Å². The fraction of sp³-hybridized carbons (Fsp3) is 0.105. The molecule has 3 rings (SSSR count). The summed E-state index contributed by atoms with van der Waals surface area (Å²) in [7, 11) is 0. The predicted octanol–water partition coefficient (Wildman–Crippen LogP) is 4.05. The van der Waals surface area contributed by atoms with E-state index >= 15 is 0 Å². The molecule has 0 aliphatic rings. The summed E-state index contributed by atoms with van der Waals surface area (Å²) in [5.74, 6) is 0.376. The van der Waals surface area contributed by atoms with Crippen molar-refractivity contribution in [3.8, 4) is 5.00 Å². The first-order chi connectivity index (χ1) is 12.2. The minimum atomic E-state index is -0.985. The average molecular weight is 351 g/mol. The Labute approximate surface area is 149 Å². The summed E-state index contributed by atoms with van der Waals surface area (Å²) in [4.78, 5) is 11.8. The van der Waals surface area contributed by atoms with Crippen LogP contribution < -0.4 is 0 Å². The van der Waals surface area contributed by atoms with Crippen molar-refractivity contribution < 1.29 is 9.90 Å².